The zero-order valence-electron chi connectivity index (χ0n) is 14.2. The van der Waals surface area contributed by atoms with Gasteiger partial charge in [0.25, 0.3) is 0 Å². The van der Waals surface area contributed by atoms with Crippen molar-refractivity contribution in [3.63, 3.8) is 0 Å². The first-order valence-corrected chi connectivity index (χ1v) is 8.55. The molecule has 0 fully saturated rings. The molecule has 25 heavy (non-hydrogen) atoms. The van der Waals surface area contributed by atoms with Gasteiger partial charge in [0.2, 0.25) is 5.91 Å². The molecule has 0 N–H and O–H groups in total. The predicted molar refractivity (Wildman–Crippen MR) is 93.1 cm³/mol. The molecule has 2 aliphatic rings. The summed E-state index contributed by atoms with van der Waals surface area (Å²) < 4.78 is 17.4. The maximum atomic E-state index is 12.8. The van der Waals surface area contributed by atoms with E-state index in [9.17, 15) is 4.79 Å². The molecule has 2 heterocycles. The van der Waals surface area contributed by atoms with Crippen LogP contribution >= 0.6 is 0 Å². The van der Waals surface area contributed by atoms with Crippen LogP contribution in [0.5, 0.6) is 17.2 Å². The Morgan fingerprint density at radius 1 is 1.00 bits per heavy atom. The monoisotopic (exact) mass is 339 g/mol. The van der Waals surface area contributed by atoms with E-state index in [1.54, 1.807) is 4.90 Å². The van der Waals surface area contributed by atoms with Crippen LogP contribution in [0.3, 0.4) is 0 Å². The summed E-state index contributed by atoms with van der Waals surface area (Å²) in [5.41, 5.74) is 1.09. The van der Waals surface area contributed by atoms with Crippen molar-refractivity contribution in [2.24, 2.45) is 5.92 Å². The van der Waals surface area contributed by atoms with Gasteiger partial charge in [0, 0.05) is 7.05 Å². The maximum Gasteiger partial charge on any atom is 0.229 e. The van der Waals surface area contributed by atoms with E-state index in [1.165, 1.54) is 0 Å². The molecule has 0 aromatic heterocycles. The summed E-state index contributed by atoms with van der Waals surface area (Å²) in [5, 5.41) is 0. The van der Waals surface area contributed by atoms with Crippen molar-refractivity contribution in [1.29, 1.82) is 0 Å². The molecule has 2 atom stereocenters. The van der Waals surface area contributed by atoms with Crippen molar-refractivity contribution in [2.45, 2.75) is 12.5 Å². The number of fused-ring (bicyclic) bond motifs is 2. The van der Waals surface area contributed by atoms with Crippen LogP contribution in [0.2, 0.25) is 0 Å². The van der Waals surface area contributed by atoms with E-state index in [0.717, 1.165) is 22.8 Å². The van der Waals surface area contributed by atoms with Crippen molar-refractivity contribution >= 4 is 5.91 Å². The third-order valence-corrected chi connectivity index (χ3v) is 4.65. The number of carbonyl (C=O) groups excluding carboxylic acids is 1. The first-order valence-electron chi connectivity index (χ1n) is 8.55. The molecule has 5 nitrogen and oxygen atoms in total. The molecule has 0 bridgehead atoms. The summed E-state index contributed by atoms with van der Waals surface area (Å²) in [6.45, 7) is 1.36. The number of amides is 1. The summed E-state index contributed by atoms with van der Waals surface area (Å²) in [4.78, 5) is 14.5. The molecule has 130 valence electrons. The highest BCUT2D eigenvalue weighted by molar-refractivity contribution is 5.79. The normalized spacial score (nSPS) is 21.0. The number of benzene rings is 2. The van der Waals surface area contributed by atoms with E-state index in [2.05, 4.69) is 0 Å². The molecule has 2 aliphatic heterocycles. The van der Waals surface area contributed by atoms with Crippen molar-refractivity contribution in [3.8, 4) is 17.2 Å². The van der Waals surface area contributed by atoms with Crippen molar-refractivity contribution in [2.75, 3.05) is 26.8 Å². The number of likely N-dealkylation sites (N-methyl/N-ethyl adjacent to an activating group) is 1. The number of rotatable bonds is 3. The summed E-state index contributed by atoms with van der Waals surface area (Å²) in [5.74, 6) is 2.29. The van der Waals surface area contributed by atoms with Crippen LogP contribution < -0.4 is 14.2 Å². The van der Waals surface area contributed by atoms with Gasteiger partial charge in [-0.2, -0.15) is 0 Å². The largest absolute Gasteiger partial charge is 0.492 e. The molecule has 5 heteroatoms. The quantitative estimate of drug-likeness (QED) is 0.862. The predicted octanol–water partition coefficient (Wildman–Crippen LogP) is 2.54. The Labute approximate surface area is 147 Å². The zero-order chi connectivity index (χ0) is 17.2. The zero-order valence-corrected chi connectivity index (χ0v) is 14.2. The third-order valence-electron chi connectivity index (χ3n) is 4.65. The van der Waals surface area contributed by atoms with Gasteiger partial charge in [-0.05, 0) is 30.2 Å². The van der Waals surface area contributed by atoms with Crippen LogP contribution in [0.15, 0.2) is 48.5 Å². The second kappa shape index (κ2) is 6.67. The molecule has 0 saturated heterocycles. The van der Waals surface area contributed by atoms with E-state index in [4.69, 9.17) is 14.2 Å². The first kappa shape index (κ1) is 15.8. The molecule has 0 radical (unpaired) electrons. The van der Waals surface area contributed by atoms with Gasteiger partial charge in [0.15, 0.2) is 17.6 Å². The van der Waals surface area contributed by atoms with Crippen LogP contribution in [0.4, 0.5) is 0 Å². The fourth-order valence-electron chi connectivity index (χ4n) is 3.35. The van der Waals surface area contributed by atoms with Crippen LogP contribution in [0, 0.1) is 5.92 Å². The minimum Gasteiger partial charge on any atom is -0.492 e. The van der Waals surface area contributed by atoms with Gasteiger partial charge in [-0.3, -0.25) is 4.79 Å². The second-order valence-electron chi connectivity index (χ2n) is 6.54. The average molecular weight is 339 g/mol. The lowest BCUT2D eigenvalue weighted by Gasteiger charge is -2.32. The van der Waals surface area contributed by atoms with Crippen LogP contribution in [0.1, 0.15) is 5.56 Å². The number of ether oxygens (including phenoxy) is 3. The van der Waals surface area contributed by atoms with E-state index in [1.807, 2.05) is 55.6 Å². The lowest BCUT2D eigenvalue weighted by atomic mass is 9.95. The molecule has 4 rings (SSSR count). The molecule has 1 amide bonds. The smallest absolute Gasteiger partial charge is 0.229 e. The number of nitrogens with zero attached hydrogens (tertiary/aromatic N) is 1. The summed E-state index contributed by atoms with van der Waals surface area (Å²) in [6.07, 6.45) is 0.546. The van der Waals surface area contributed by atoms with Crippen LogP contribution in [-0.2, 0) is 11.2 Å². The van der Waals surface area contributed by atoms with Gasteiger partial charge < -0.3 is 19.1 Å². The SMILES string of the molecule is CN(CC1COc2ccccc2O1)C(=O)C1COc2ccccc2C1. The standard InChI is InChI=1S/C20H21NO4/c1-21(11-16-13-24-18-8-4-5-9-19(18)25-16)20(22)15-10-14-6-2-3-7-17(14)23-12-15/h2-9,15-16H,10-13H2,1H3. The molecule has 2 unspecified atom stereocenters. The number of hydrogen-bond donors (Lipinski definition) is 0. The molecular formula is C20H21NO4. The minimum atomic E-state index is -0.166. The molecule has 0 saturated carbocycles. The molecule has 0 spiro atoms. The Kier molecular flexibility index (Phi) is 4.22. The van der Waals surface area contributed by atoms with Crippen molar-refractivity contribution in [1.82, 2.24) is 4.90 Å². The second-order valence-corrected chi connectivity index (χ2v) is 6.54. The minimum absolute atomic E-state index is 0.0805. The Morgan fingerprint density at radius 3 is 2.52 bits per heavy atom. The highest BCUT2D eigenvalue weighted by Crippen LogP contribution is 2.31. The molecule has 2 aromatic carbocycles. The highest BCUT2D eigenvalue weighted by atomic mass is 16.6. The van der Waals surface area contributed by atoms with Crippen molar-refractivity contribution < 1.29 is 19.0 Å². The lowest BCUT2D eigenvalue weighted by Crippen LogP contribution is -2.45. The Balaban J connectivity index is 1.37. The Hall–Kier alpha value is -2.69. The van der Waals surface area contributed by atoms with E-state index in [-0.39, 0.29) is 17.9 Å². The molecular weight excluding hydrogens is 318 g/mol. The number of carbonyl (C=O) groups is 1. The average Bonchev–Trinajstić information content (AvgIpc) is 2.67. The molecule has 0 aliphatic carbocycles. The fourth-order valence-corrected chi connectivity index (χ4v) is 3.35. The summed E-state index contributed by atoms with van der Waals surface area (Å²) in [6, 6.07) is 15.5. The van der Waals surface area contributed by atoms with Gasteiger partial charge in [-0.1, -0.05) is 30.3 Å². The lowest BCUT2D eigenvalue weighted by molar-refractivity contribution is -0.137. The topological polar surface area (TPSA) is 48.0 Å². The van der Waals surface area contributed by atoms with Gasteiger partial charge in [0.05, 0.1) is 12.5 Å². The number of hydrogen-bond acceptors (Lipinski definition) is 4. The number of para-hydroxylation sites is 3. The highest BCUT2D eigenvalue weighted by Gasteiger charge is 2.30. The van der Waals surface area contributed by atoms with E-state index in [0.29, 0.717) is 26.2 Å². The maximum absolute atomic E-state index is 12.8. The summed E-state index contributed by atoms with van der Waals surface area (Å²) in [7, 11) is 1.81. The fraction of sp³-hybridized carbons (Fsp3) is 0.350. The van der Waals surface area contributed by atoms with Gasteiger partial charge >= 0.3 is 0 Å². The van der Waals surface area contributed by atoms with Crippen molar-refractivity contribution in [3.05, 3.63) is 54.1 Å². The Morgan fingerprint density at radius 2 is 1.68 bits per heavy atom. The van der Waals surface area contributed by atoms with Crippen LogP contribution in [0.25, 0.3) is 0 Å². The van der Waals surface area contributed by atoms with Crippen LogP contribution in [-0.4, -0.2) is 43.7 Å². The Bertz CT molecular complexity index is 776. The van der Waals surface area contributed by atoms with Gasteiger partial charge in [0.1, 0.15) is 19.0 Å². The van der Waals surface area contributed by atoms with E-state index < -0.39 is 0 Å². The van der Waals surface area contributed by atoms with Gasteiger partial charge in [-0.25, -0.2) is 0 Å². The summed E-state index contributed by atoms with van der Waals surface area (Å²) >= 11 is 0. The first-order chi connectivity index (χ1) is 12.2. The van der Waals surface area contributed by atoms with Gasteiger partial charge in [-0.15, -0.1) is 0 Å². The third kappa shape index (κ3) is 3.27. The van der Waals surface area contributed by atoms with E-state index >= 15 is 0 Å². The molecule has 2 aromatic rings.